The average Bonchev–Trinajstić information content (AvgIpc) is 3.20. The Kier molecular flexibility index (Phi) is 4.24. The third kappa shape index (κ3) is 2.92. The highest BCUT2D eigenvalue weighted by molar-refractivity contribution is 5.97. The molecular weight excluding hydrogens is 390 g/mol. The summed E-state index contributed by atoms with van der Waals surface area (Å²) in [5, 5.41) is 3.37. The highest BCUT2D eigenvalue weighted by Gasteiger charge is 2.69. The van der Waals surface area contributed by atoms with E-state index in [1.54, 1.807) is 0 Å². The monoisotopic (exact) mass is 417 g/mol. The molecule has 1 N–H and O–H groups in total. The summed E-state index contributed by atoms with van der Waals surface area (Å²) in [4.78, 5) is 30.5. The number of imide groups is 1. The third-order valence-electron chi connectivity index (χ3n) is 7.76. The van der Waals surface area contributed by atoms with Crippen molar-refractivity contribution in [2.75, 3.05) is 32.8 Å². The Bertz CT molecular complexity index is 1010. The first-order valence-corrected chi connectivity index (χ1v) is 11.1. The zero-order valence-corrected chi connectivity index (χ0v) is 17.5. The Balaban J connectivity index is 1.25. The van der Waals surface area contributed by atoms with Crippen molar-refractivity contribution in [1.29, 1.82) is 0 Å². The Hall–Kier alpha value is -2.70. The zero-order valence-electron chi connectivity index (χ0n) is 17.5. The van der Waals surface area contributed by atoms with Crippen LogP contribution >= 0.6 is 0 Å². The van der Waals surface area contributed by atoms with E-state index in [-0.39, 0.29) is 23.2 Å². The van der Waals surface area contributed by atoms with E-state index >= 15 is 0 Å². The Morgan fingerprint density at radius 1 is 1.06 bits per heavy atom. The van der Waals surface area contributed by atoms with Crippen LogP contribution in [0.25, 0.3) is 0 Å². The topological polar surface area (TPSA) is 61.9 Å². The first-order chi connectivity index (χ1) is 15.1. The molecule has 0 radical (unpaired) electrons. The number of amides is 2. The van der Waals surface area contributed by atoms with Crippen LogP contribution in [0.15, 0.2) is 60.7 Å². The van der Waals surface area contributed by atoms with Gasteiger partial charge in [0, 0.05) is 44.1 Å². The lowest BCUT2D eigenvalue weighted by molar-refractivity contribution is -0.138. The van der Waals surface area contributed by atoms with Gasteiger partial charge in [-0.1, -0.05) is 60.7 Å². The van der Waals surface area contributed by atoms with Crippen molar-refractivity contribution in [2.24, 2.45) is 11.3 Å². The fourth-order valence-corrected chi connectivity index (χ4v) is 5.96. The molecule has 3 aliphatic heterocycles. The van der Waals surface area contributed by atoms with E-state index in [1.165, 1.54) is 16.0 Å². The molecule has 2 aromatic carbocycles. The summed E-state index contributed by atoms with van der Waals surface area (Å²) in [6.07, 6.45) is 0.326. The van der Waals surface area contributed by atoms with Crippen molar-refractivity contribution < 1.29 is 14.3 Å². The van der Waals surface area contributed by atoms with Crippen LogP contribution < -0.4 is 5.32 Å². The van der Waals surface area contributed by atoms with E-state index in [2.05, 4.69) is 46.6 Å². The smallest absolute Gasteiger partial charge is 0.417 e. The van der Waals surface area contributed by atoms with Crippen molar-refractivity contribution in [2.45, 2.75) is 24.4 Å². The summed E-state index contributed by atoms with van der Waals surface area (Å²) in [7, 11) is 0. The molecule has 160 valence electrons. The average molecular weight is 418 g/mol. The van der Waals surface area contributed by atoms with Crippen molar-refractivity contribution in [3.63, 3.8) is 0 Å². The van der Waals surface area contributed by atoms with Crippen LogP contribution in [0, 0.1) is 11.3 Å². The van der Waals surface area contributed by atoms with Crippen LogP contribution in [0.2, 0.25) is 0 Å². The Morgan fingerprint density at radius 3 is 2.45 bits per heavy atom. The molecule has 3 atom stereocenters. The summed E-state index contributed by atoms with van der Waals surface area (Å²) in [6, 6.07) is 20.6. The number of ether oxygens (including phenoxy) is 1. The number of carbonyl (C=O) groups is 2. The van der Waals surface area contributed by atoms with Gasteiger partial charge >= 0.3 is 6.09 Å². The van der Waals surface area contributed by atoms with E-state index in [1.807, 2.05) is 24.3 Å². The van der Waals surface area contributed by atoms with Gasteiger partial charge in [0.1, 0.15) is 6.61 Å². The standard InChI is InChI=1S/C25H27N3O3/c29-22(28-23(30)31-17-25(28)11-20(25)19-9-5-2-6-10-19)21-13-27(16-24(21)14-26-15-24)12-18-7-3-1-4-8-18/h1-10,20-21,26H,11-17H2/t20?,21-,25?/m0/s1. The van der Waals surface area contributed by atoms with Gasteiger partial charge in [0.05, 0.1) is 11.5 Å². The number of hydrogen-bond donors (Lipinski definition) is 1. The summed E-state index contributed by atoms with van der Waals surface area (Å²) in [6.45, 7) is 4.35. The molecular formula is C25H27N3O3. The van der Waals surface area contributed by atoms with Gasteiger partial charge in [-0.25, -0.2) is 9.69 Å². The molecule has 2 spiro atoms. The number of hydrogen-bond acceptors (Lipinski definition) is 5. The molecule has 3 saturated heterocycles. The Labute approximate surface area is 182 Å². The predicted octanol–water partition coefficient (Wildman–Crippen LogP) is 2.61. The Morgan fingerprint density at radius 2 is 1.77 bits per heavy atom. The van der Waals surface area contributed by atoms with Crippen molar-refractivity contribution in [3.05, 3.63) is 71.8 Å². The molecule has 6 rings (SSSR count). The minimum absolute atomic E-state index is 0.0435. The molecule has 2 unspecified atom stereocenters. The molecule has 6 nitrogen and oxygen atoms in total. The van der Waals surface area contributed by atoms with Gasteiger partial charge in [-0.3, -0.25) is 9.69 Å². The summed E-state index contributed by atoms with van der Waals surface area (Å²) >= 11 is 0. The highest BCUT2D eigenvalue weighted by Crippen LogP contribution is 2.59. The number of likely N-dealkylation sites (tertiary alicyclic amines) is 1. The molecule has 31 heavy (non-hydrogen) atoms. The maximum absolute atomic E-state index is 13.9. The van der Waals surface area contributed by atoms with Crippen molar-refractivity contribution >= 4 is 12.0 Å². The molecule has 4 aliphatic rings. The van der Waals surface area contributed by atoms with Gasteiger partial charge < -0.3 is 10.1 Å². The second kappa shape index (κ2) is 6.90. The number of rotatable bonds is 4. The number of benzene rings is 2. The largest absolute Gasteiger partial charge is 0.447 e. The molecule has 4 fully saturated rings. The van der Waals surface area contributed by atoms with E-state index in [0.29, 0.717) is 13.2 Å². The van der Waals surface area contributed by atoms with E-state index in [0.717, 1.165) is 32.6 Å². The fraction of sp³-hybridized carbons (Fsp3) is 0.440. The molecule has 0 bridgehead atoms. The molecule has 1 saturated carbocycles. The molecule has 3 heterocycles. The maximum atomic E-state index is 13.9. The van der Waals surface area contributed by atoms with Crippen LogP contribution in [0.4, 0.5) is 4.79 Å². The predicted molar refractivity (Wildman–Crippen MR) is 115 cm³/mol. The lowest BCUT2D eigenvalue weighted by Crippen LogP contribution is -2.61. The van der Waals surface area contributed by atoms with Gasteiger partial charge in [0.15, 0.2) is 0 Å². The van der Waals surface area contributed by atoms with E-state index in [4.69, 9.17) is 4.74 Å². The first kappa shape index (κ1) is 19.0. The zero-order chi connectivity index (χ0) is 21.1. The van der Waals surface area contributed by atoms with E-state index < -0.39 is 11.6 Å². The van der Waals surface area contributed by atoms with Gasteiger partial charge in [0.25, 0.3) is 0 Å². The third-order valence-corrected chi connectivity index (χ3v) is 7.76. The lowest BCUT2D eigenvalue weighted by Gasteiger charge is -2.44. The molecule has 0 aromatic heterocycles. The van der Waals surface area contributed by atoms with Crippen molar-refractivity contribution in [3.8, 4) is 0 Å². The van der Waals surface area contributed by atoms with Crippen LogP contribution in [0.1, 0.15) is 23.5 Å². The molecule has 2 amide bonds. The SMILES string of the molecule is O=C1OCC2(CC2c2ccccc2)N1C(=O)[C@@H]1CN(Cc2ccccc2)CC12CNC2. The van der Waals surface area contributed by atoms with Crippen LogP contribution in [0.3, 0.4) is 0 Å². The molecule has 6 heteroatoms. The number of nitrogens with one attached hydrogen (secondary N) is 1. The molecule has 2 aromatic rings. The number of carbonyl (C=O) groups excluding carboxylic acids is 2. The van der Waals surface area contributed by atoms with Gasteiger partial charge in [-0.2, -0.15) is 0 Å². The minimum Gasteiger partial charge on any atom is -0.447 e. The molecule has 1 aliphatic carbocycles. The summed E-state index contributed by atoms with van der Waals surface area (Å²) in [5.41, 5.74) is 1.84. The number of nitrogens with zero attached hydrogens (tertiary/aromatic N) is 2. The normalized spacial score (nSPS) is 31.1. The minimum atomic E-state index is -0.499. The summed E-state index contributed by atoms with van der Waals surface area (Å²) in [5.74, 6) is -0.0589. The maximum Gasteiger partial charge on any atom is 0.417 e. The van der Waals surface area contributed by atoms with Crippen LogP contribution in [-0.4, -0.2) is 60.1 Å². The summed E-state index contributed by atoms with van der Waals surface area (Å²) < 4.78 is 5.45. The van der Waals surface area contributed by atoms with E-state index in [9.17, 15) is 9.59 Å². The first-order valence-electron chi connectivity index (χ1n) is 11.1. The van der Waals surface area contributed by atoms with Gasteiger partial charge in [-0.05, 0) is 17.5 Å². The van der Waals surface area contributed by atoms with Crippen molar-refractivity contribution in [1.82, 2.24) is 15.1 Å². The second-order valence-corrected chi connectivity index (χ2v) is 9.67. The van der Waals surface area contributed by atoms with Gasteiger partial charge in [-0.15, -0.1) is 0 Å². The highest BCUT2D eigenvalue weighted by atomic mass is 16.6. The number of cyclic esters (lactones) is 1. The fourth-order valence-electron chi connectivity index (χ4n) is 5.96. The lowest BCUT2D eigenvalue weighted by atomic mass is 9.72. The quantitative estimate of drug-likeness (QED) is 0.829. The second-order valence-electron chi connectivity index (χ2n) is 9.67. The van der Waals surface area contributed by atoms with Gasteiger partial charge in [0.2, 0.25) is 5.91 Å². The van der Waals surface area contributed by atoms with Crippen LogP contribution in [-0.2, 0) is 16.1 Å². The van der Waals surface area contributed by atoms with Crippen LogP contribution in [0.5, 0.6) is 0 Å².